The molecule has 136 valence electrons. The number of esters is 2. The molecule has 0 saturated carbocycles. The van der Waals surface area contributed by atoms with Crippen LogP contribution in [-0.2, 0) is 14.3 Å². The van der Waals surface area contributed by atoms with Gasteiger partial charge in [0.2, 0.25) is 5.91 Å². The van der Waals surface area contributed by atoms with Crippen molar-refractivity contribution >= 4 is 29.2 Å². The largest absolute Gasteiger partial charge is 0.465 e. The summed E-state index contributed by atoms with van der Waals surface area (Å²) in [4.78, 5) is 35.6. The van der Waals surface area contributed by atoms with Crippen molar-refractivity contribution in [3.63, 3.8) is 0 Å². The fourth-order valence-corrected chi connectivity index (χ4v) is 2.23. The van der Waals surface area contributed by atoms with Crippen LogP contribution in [0.5, 0.6) is 0 Å². The summed E-state index contributed by atoms with van der Waals surface area (Å²) in [5.74, 6) is -1.30. The normalized spacial score (nSPS) is 9.92. The maximum Gasteiger partial charge on any atom is 0.340 e. The Morgan fingerprint density at radius 3 is 2.50 bits per heavy atom. The average molecular weight is 356 g/mol. The molecule has 7 nitrogen and oxygen atoms in total. The fourth-order valence-electron chi connectivity index (χ4n) is 2.23. The van der Waals surface area contributed by atoms with Gasteiger partial charge in [-0.3, -0.25) is 4.79 Å². The highest BCUT2D eigenvalue weighted by atomic mass is 16.5. The Morgan fingerprint density at radius 2 is 1.77 bits per heavy atom. The van der Waals surface area contributed by atoms with Gasteiger partial charge in [0, 0.05) is 5.69 Å². The summed E-state index contributed by atoms with van der Waals surface area (Å²) in [7, 11) is 1.30. The smallest absolute Gasteiger partial charge is 0.340 e. The van der Waals surface area contributed by atoms with Crippen LogP contribution in [0.3, 0.4) is 0 Å². The predicted molar refractivity (Wildman–Crippen MR) is 97.3 cm³/mol. The number of carbonyl (C=O) groups is 3. The van der Waals surface area contributed by atoms with Crippen LogP contribution >= 0.6 is 0 Å². The molecule has 2 rings (SSSR count). The molecule has 2 N–H and O–H groups in total. The minimum absolute atomic E-state index is 0.0399. The van der Waals surface area contributed by atoms with Gasteiger partial charge in [0.1, 0.15) is 0 Å². The molecule has 0 heterocycles. The van der Waals surface area contributed by atoms with E-state index in [4.69, 9.17) is 4.74 Å². The van der Waals surface area contributed by atoms with E-state index in [0.29, 0.717) is 16.9 Å². The number of methoxy groups -OCH3 is 1. The molecule has 0 aromatic heterocycles. The number of carbonyl (C=O) groups excluding carboxylic acids is 3. The first-order chi connectivity index (χ1) is 12.5. The molecule has 0 spiro atoms. The number of para-hydroxylation sites is 1. The van der Waals surface area contributed by atoms with Gasteiger partial charge in [-0.25, -0.2) is 9.59 Å². The summed E-state index contributed by atoms with van der Waals surface area (Å²) in [6, 6.07) is 13.2. The number of benzene rings is 2. The minimum atomic E-state index is -0.498. The van der Waals surface area contributed by atoms with E-state index >= 15 is 0 Å². The van der Waals surface area contributed by atoms with Gasteiger partial charge in [-0.05, 0) is 37.3 Å². The van der Waals surface area contributed by atoms with Crippen molar-refractivity contribution < 1.29 is 23.9 Å². The van der Waals surface area contributed by atoms with Gasteiger partial charge in [0.15, 0.2) is 0 Å². The quantitative estimate of drug-likeness (QED) is 0.741. The number of hydrogen-bond acceptors (Lipinski definition) is 6. The van der Waals surface area contributed by atoms with E-state index in [1.807, 2.05) is 0 Å². The lowest BCUT2D eigenvalue weighted by molar-refractivity contribution is -0.114. The zero-order valence-corrected chi connectivity index (χ0v) is 14.6. The van der Waals surface area contributed by atoms with Crippen LogP contribution in [0, 0.1) is 0 Å². The number of hydrogen-bond donors (Lipinski definition) is 2. The molecule has 0 unspecified atom stereocenters. The molecule has 7 heteroatoms. The van der Waals surface area contributed by atoms with E-state index in [1.54, 1.807) is 55.5 Å². The molecule has 2 aromatic rings. The summed E-state index contributed by atoms with van der Waals surface area (Å²) in [6.07, 6.45) is 0. The minimum Gasteiger partial charge on any atom is -0.465 e. The molecule has 2 aromatic carbocycles. The highest BCUT2D eigenvalue weighted by Crippen LogP contribution is 2.16. The summed E-state index contributed by atoms with van der Waals surface area (Å²) in [5.41, 5.74) is 1.64. The Morgan fingerprint density at radius 1 is 1.00 bits per heavy atom. The van der Waals surface area contributed by atoms with Gasteiger partial charge >= 0.3 is 11.9 Å². The second-order valence-electron chi connectivity index (χ2n) is 5.24. The Kier molecular flexibility index (Phi) is 6.73. The monoisotopic (exact) mass is 356 g/mol. The Balaban J connectivity index is 2.00. The van der Waals surface area contributed by atoms with E-state index in [-0.39, 0.29) is 24.6 Å². The lowest BCUT2D eigenvalue weighted by Crippen LogP contribution is -2.23. The van der Waals surface area contributed by atoms with Crippen molar-refractivity contribution in [2.75, 3.05) is 30.9 Å². The third kappa shape index (κ3) is 5.07. The molecule has 0 atom stereocenters. The molecule has 0 fully saturated rings. The van der Waals surface area contributed by atoms with Crippen LogP contribution in [0.15, 0.2) is 48.5 Å². The van der Waals surface area contributed by atoms with Crippen LogP contribution in [-0.4, -0.2) is 38.1 Å². The summed E-state index contributed by atoms with van der Waals surface area (Å²) >= 11 is 0. The molecular weight excluding hydrogens is 336 g/mol. The van der Waals surface area contributed by atoms with Crippen molar-refractivity contribution in [3.05, 3.63) is 59.7 Å². The maximum atomic E-state index is 12.2. The fraction of sp³-hybridized carbons (Fsp3) is 0.211. The highest BCUT2D eigenvalue weighted by molar-refractivity contribution is 6.02. The topological polar surface area (TPSA) is 93.7 Å². The average Bonchev–Trinajstić information content (AvgIpc) is 2.66. The van der Waals surface area contributed by atoms with Crippen LogP contribution in [0.25, 0.3) is 0 Å². The standard InChI is InChI=1S/C19H20N2O5/c1-3-26-19(24)15-9-4-5-10-16(15)21-17(22)12-20-14-8-6-7-13(11-14)18(23)25-2/h4-11,20H,3,12H2,1-2H3,(H,21,22). The number of anilines is 2. The van der Waals surface area contributed by atoms with Crippen LogP contribution in [0.2, 0.25) is 0 Å². The van der Waals surface area contributed by atoms with Gasteiger partial charge in [0.05, 0.1) is 37.1 Å². The maximum absolute atomic E-state index is 12.2. The molecule has 0 saturated heterocycles. The number of nitrogens with one attached hydrogen (secondary N) is 2. The molecule has 26 heavy (non-hydrogen) atoms. The number of rotatable bonds is 7. The van der Waals surface area contributed by atoms with Gasteiger partial charge in [-0.15, -0.1) is 0 Å². The first kappa shape index (κ1) is 19.0. The molecule has 0 aliphatic carbocycles. The predicted octanol–water partition coefficient (Wildman–Crippen LogP) is 2.70. The van der Waals surface area contributed by atoms with Gasteiger partial charge in [0.25, 0.3) is 0 Å². The Hall–Kier alpha value is -3.35. The first-order valence-electron chi connectivity index (χ1n) is 8.03. The highest BCUT2D eigenvalue weighted by Gasteiger charge is 2.14. The first-order valence-corrected chi connectivity index (χ1v) is 8.03. The molecule has 0 bridgehead atoms. The zero-order chi connectivity index (χ0) is 18.9. The van der Waals surface area contributed by atoms with Crippen LogP contribution in [0.4, 0.5) is 11.4 Å². The second kappa shape index (κ2) is 9.22. The molecule has 0 radical (unpaired) electrons. The van der Waals surface area contributed by atoms with Crippen LogP contribution < -0.4 is 10.6 Å². The van der Waals surface area contributed by atoms with Crippen molar-refractivity contribution in [1.29, 1.82) is 0 Å². The molecule has 1 amide bonds. The van der Waals surface area contributed by atoms with Crippen molar-refractivity contribution in [1.82, 2.24) is 0 Å². The van der Waals surface area contributed by atoms with E-state index in [0.717, 1.165) is 0 Å². The second-order valence-corrected chi connectivity index (χ2v) is 5.24. The van der Waals surface area contributed by atoms with Crippen molar-refractivity contribution in [2.24, 2.45) is 0 Å². The van der Waals surface area contributed by atoms with Crippen molar-refractivity contribution in [3.8, 4) is 0 Å². The van der Waals surface area contributed by atoms with Crippen molar-refractivity contribution in [2.45, 2.75) is 6.92 Å². The third-order valence-corrected chi connectivity index (χ3v) is 3.43. The Bertz CT molecular complexity index is 804. The van der Waals surface area contributed by atoms with Gasteiger partial charge in [-0.1, -0.05) is 18.2 Å². The summed E-state index contributed by atoms with van der Waals surface area (Å²) < 4.78 is 9.64. The summed E-state index contributed by atoms with van der Waals surface area (Å²) in [5, 5.41) is 5.60. The van der Waals surface area contributed by atoms with Gasteiger partial charge in [-0.2, -0.15) is 0 Å². The van der Waals surface area contributed by atoms with Gasteiger partial charge < -0.3 is 20.1 Å². The molecule has 0 aliphatic rings. The SMILES string of the molecule is CCOC(=O)c1ccccc1NC(=O)CNc1cccc(C(=O)OC)c1. The van der Waals surface area contributed by atoms with E-state index in [1.165, 1.54) is 7.11 Å². The lowest BCUT2D eigenvalue weighted by atomic mass is 10.1. The van der Waals surface area contributed by atoms with Crippen LogP contribution in [0.1, 0.15) is 27.6 Å². The lowest BCUT2D eigenvalue weighted by Gasteiger charge is -2.11. The number of amides is 1. The van der Waals surface area contributed by atoms with E-state index in [9.17, 15) is 14.4 Å². The number of ether oxygens (including phenoxy) is 2. The van der Waals surface area contributed by atoms with E-state index < -0.39 is 11.9 Å². The summed E-state index contributed by atoms with van der Waals surface area (Å²) in [6.45, 7) is 1.92. The zero-order valence-electron chi connectivity index (χ0n) is 14.6. The molecular formula is C19H20N2O5. The van der Waals surface area contributed by atoms with E-state index in [2.05, 4.69) is 15.4 Å². The Labute approximate surface area is 151 Å². The third-order valence-electron chi connectivity index (χ3n) is 3.43. The molecule has 0 aliphatic heterocycles.